The van der Waals surface area contributed by atoms with Crippen molar-refractivity contribution in [3.63, 3.8) is 0 Å². The van der Waals surface area contributed by atoms with Gasteiger partial charge in [-0.15, -0.1) is 12.4 Å². The lowest BCUT2D eigenvalue weighted by Crippen LogP contribution is -2.24. The van der Waals surface area contributed by atoms with Gasteiger partial charge >= 0.3 is 0 Å². The Bertz CT molecular complexity index is 613. The minimum absolute atomic E-state index is 0. The normalized spacial score (nSPS) is 11.9. The molecule has 1 atom stereocenters. The fraction of sp³-hybridized carbons (Fsp3) is 0.417. The molecule has 110 valence electrons. The van der Waals surface area contributed by atoms with E-state index in [1.807, 2.05) is 14.0 Å². The molecule has 0 bridgehead atoms. The van der Waals surface area contributed by atoms with Crippen molar-refractivity contribution in [2.75, 3.05) is 7.05 Å². The Morgan fingerprint density at radius 2 is 2.25 bits per heavy atom. The second-order valence-electron chi connectivity index (χ2n) is 4.31. The van der Waals surface area contributed by atoms with Crippen LogP contribution in [0.15, 0.2) is 32.1 Å². The van der Waals surface area contributed by atoms with Crippen molar-refractivity contribution in [1.29, 1.82) is 0 Å². The smallest absolute Gasteiger partial charge is 0.251 e. The number of halogens is 2. The Labute approximate surface area is 131 Å². The van der Waals surface area contributed by atoms with E-state index in [9.17, 15) is 4.79 Å². The number of pyridine rings is 1. The lowest BCUT2D eigenvalue weighted by atomic mass is 10.2. The Morgan fingerprint density at radius 3 is 2.95 bits per heavy atom. The first-order chi connectivity index (χ1) is 9.08. The fourth-order valence-corrected chi connectivity index (χ4v) is 1.96. The maximum Gasteiger partial charge on any atom is 0.251 e. The molecule has 0 aliphatic rings. The van der Waals surface area contributed by atoms with E-state index < -0.39 is 0 Å². The summed E-state index contributed by atoms with van der Waals surface area (Å²) in [6, 6.07) is 3.47. The highest BCUT2D eigenvalue weighted by Crippen LogP contribution is 2.07. The van der Waals surface area contributed by atoms with Crippen molar-refractivity contribution in [1.82, 2.24) is 20.0 Å². The second kappa shape index (κ2) is 7.56. The molecule has 0 saturated heterocycles. The van der Waals surface area contributed by atoms with Crippen LogP contribution in [0.5, 0.6) is 0 Å². The molecule has 2 aromatic heterocycles. The van der Waals surface area contributed by atoms with Crippen molar-refractivity contribution in [3.05, 3.63) is 44.9 Å². The predicted molar refractivity (Wildman–Crippen MR) is 81.3 cm³/mol. The Morgan fingerprint density at radius 1 is 1.50 bits per heavy atom. The minimum Gasteiger partial charge on any atom is -0.337 e. The fourth-order valence-electron chi connectivity index (χ4n) is 1.58. The monoisotopic (exact) mass is 362 g/mol. The van der Waals surface area contributed by atoms with Gasteiger partial charge in [-0.05, 0) is 36.0 Å². The molecule has 1 unspecified atom stereocenters. The van der Waals surface area contributed by atoms with Gasteiger partial charge in [0.25, 0.3) is 5.56 Å². The summed E-state index contributed by atoms with van der Waals surface area (Å²) in [4.78, 5) is 15.9. The van der Waals surface area contributed by atoms with Gasteiger partial charge < -0.3 is 14.4 Å². The molecule has 8 heteroatoms. The van der Waals surface area contributed by atoms with Crippen molar-refractivity contribution < 1.29 is 4.52 Å². The standard InChI is InChI=1S/C12H15BrN4O2.ClH/c1-8(14-2)5-10-15-11(19-16-10)7-17-6-9(13)3-4-12(17)18;/h3-4,6,8,14H,5,7H2,1-2H3;1H. The summed E-state index contributed by atoms with van der Waals surface area (Å²) in [7, 11) is 1.88. The highest BCUT2D eigenvalue weighted by atomic mass is 79.9. The van der Waals surface area contributed by atoms with Crippen LogP contribution in [-0.4, -0.2) is 27.8 Å². The maximum atomic E-state index is 11.6. The number of hydrogen-bond donors (Lipinski definition) is 1. The molecule has 2 heterocycles. The van der Waals surface area contributed by atoms with Crippen molar-refractivity contribution in [3.8, 4) is 0 Å². The zero-order chi connectivity index (χ0) is 13.8. The average molecular weight is 364 g/mol. The van der Waals surface area contributed by atoms with Crippen molar-refractivity contribution in [2.24, 2.45) is 0 Å². The third-order valence-electron chi connectivity index (χ3n) is 2.74. The van der Waals surface area contributed by atoms with Crippen LogP contribution in [0.2, 0.25) is 0 Å². The third kappa shape index (κ3) is 4.43. The predicted octanol–water partition coefficient (Wildman–Crippen LogP) is 1.61. The Balaban J connectivity index is 0.00000200. The third-order valence-corrected chi connectivity index (χ3v) is 3.21. The lowest BCUT2D eigenvalue weighted by Gasteiger charge is -2.04. The SMILES string of the molecule is CNC(C)Cc1noc(Cn2cc(Br)ccc2=O)n1.Cl. The van der Waals surface area contributed by atoms with Crippen LogP contribution < -0.4 is 10.9 Å². The van der Waals surface area contributed by atoms with E-state index in [1.54, 1.807) is 12.3 Å². The number of aromatic nitrogens is 3. The highest BCUT2D eigenvalue weighted by molar-refractivity contribution is 9.10. The first-order valence-electron chi connectivity index (χ1n) is 5.93. The van der Waals surface area contributed by atoms with Crippen LogP contribution >= 0.6 is 28.3 Å². The van der Waals surface area contributed by atoms with Crippen LogP contribution in [0.1, 0.15) is 18.6 Å². The Kier molecular flexibility index (Phi) is 6.38. The summed E-state index contributed by atoms with van der Waals surface area (Å²) >= 11 is 3.32. The number of rotatable bonds is 5. The molecule has 2 aromatic rings. The van der Waals surface area contributed by atoms with Gasteiger partial charge in [0.1, 0.15) is 6.54 Å². The molecule has 0 radical (unpaired) electrons. The number of nitrogens with zero attached hydrogens (tertiary/aromatic N) is 3. The molecular weight excluding hydrogens is 348 g/mol. The summed E-state index contributed by atoms with van der Waals surface area (Å²) in [6.45, 7) is 2.31. The van der Waals surface area contributed by atoms with E-state index in [0.29, 0.717) is 18.1 Å². The minimum atomic E-state index is -0.105. The molecule has 20 heavy (non-hydrogen) atoms. The molecule has 0 spiro atoms. The largest absolute Gasteiger partial charge is 0.337 e. The zero-order valence-corrected chi connectivity index (χ0v) is 13.6. The molecule has 0 fully saturated rings. The molecule has 0 aliphatic heterocycles. The van der Waals surface area contributed by atoms with Crippen LogP contribution in [0.4, 0.5) is 0 Å². The average Bonchev–Trinajstić information content (AvgIpc) is 2.81. The first kappa shape index (κ1) is 16.9. The highest BCUT2D eigenvalue weighted by Gasteiger charge is 2.10. The van der Waals surface area contributed by atoms with E-state index in [4.69, 9.17) is 4.52 Å². The van der Waals surface area contributed by atoms with Crippen LogP contribution in [0, 0.1) is 0 Å². The van der Waals surface area contributed by atoms with Crippen LogP contribution in [0.3, 0.4) is 0 Å². The molecule has 1 N–H and O–H groups in total. The van der Waals surface area contributed by atoms with E-state index in [2.05, 4.69) is 31.4 Å². The van der Waals surface area contributed by atoms with Crippen LogP contribution in [-0.2, 0) is 13.0 Å². The quantitative estimate of drug-likeness (QED) is 0.874. The van der Waals surface area contributed by atoms with Crippen LogP contribution in [0.25, 0.3) is 0 Å². The summed E-state index contributed by atoms with van der Waals surface area (Å²) in [5.41, 5.74) is -0.105. The van der Waals surface area contributed by atoms with Gasteiger partial charge in [0.2, 0.25) is 5.89 Å². The summed E-state index contributed by atoms with van der Waals surface area (Å²) < 4.78 is 7.49. The second-order valence-corrected chi connectivity index (χ2v) is 5.23. The molecule has 0 aliphatic carbocycles. The van der Waals surface area contributed by atoms with Crippen molar-refractivity contribution >= 4 is 28.3 Å². The Hall–Kier alpha value is -1.18. The molecular formula is C12H16BrClN4O2. The van der Waals surface area contributed by atoms with Gasteiger partial charge in [0.15, 0.2) is 5.82 Å². The van der Waals surface area contributed by atoms with Crippen molar-refractivity contribution in [2.45, 2.75) is 25.9 Å². The van der Waals surface area contributed by atoms with E-state index in [0.717, 1.165) is 4.47 Å². The van der Waals surface area contributed by atoms with Gasteiger partial charge in [0, 0.05) is 29.2 Å². The molecule has 0 amide bonds. The maximum absolute atomic E-state index is 11.6. The van der Waals surface area contributed by atoms with E-state index in [1.165, 1.54) is 10.6 Å². The zero-order valence-electron chi connectivity index (χ0n) is 11.2. The topological polar surface area (TPSA) is 73.0 Å². The van der Waals surface area contributed by atoms with Gasteiger partial charge in [-0.3, -0.25) is 4.79 Å². The lowest BCUT2D eigenvalue weighted by molar-refractivity contribution is 0.363. The van der Waals surface area contributed by atoms with Gasteiger partial charge in [0.05, 0.1) is 0 Å². The number of nitrogens with one attached hydrogen (secondary N) is 1. The summed E-state index contributed by atoms with van der Waals surface area (Å²) in [6.07, 6.45) is 2.38. The molecule has 6 nitrogen and oxygen atoms in total. The first-order valence-corrected chi connectivity index (χ1v) is 6.72. The summed E-state index contributed by atoms with van der Waals surface area (Å²) in [5, 5.41) is 7.01. The molecule has 0 saturated carbocycles. The summed E-state index contributed by atoms with van der Waals surface area (Å²) in [5.74, 6) is 1.07. The van der Waals surface area contributed by atoms with Gasteiger partial charge in [-0.25, -0.2) is 0 Å². The number of likely N-dealkylation sites (N-methyl/N-ethyl adjacent to an activating group) is 1. The van der Waals surface area contributed by atoms with Gasteiger partial charge in [-0.2, -0.15) is 4.98 Å². The molecule has 0 aromatic carbocycles. The van der Waals surface area contributed by atoms with Gasteiger partial charge in [-0.1, -0.05) is 5.16 Å². The van der Waals surface area contributed by atoms with E-state index in [-0.39, 0.29) is 30.6 Å². The number of hydrogen-bond acceptors (Lipinski definition) is 5. The van der Waals surface area contributed by atoms with E-state index >= 15 is 0 Å². The molecule has 2 rings (SSSR count).